The van der Waals surface area contributed by atoms with Crippen molar-refractivity contribution in [2.75, 3.05) is 205 Å². The van der Waals surface area contributed by atoms with E-state index < -0.39 is 0 Å². The fraction of sp³-hybridized carbons (Fsp3) is 0.724. The van der Waals surface area contributed by atoms with Gasteiger partial charge in [-0.2, -0.15) is 29.9 Å². The number of hydrogen-bond donors (Lipinski definition) is 0. The van der Waals surface area contributed by atoms with E-state index in [4.69, 9.17) is 56.8 Å². The van der Waals surface area contributed by atoms with Crippen LogP contribution in [0.3, 0.4) is 0 Å². The van der Waals surface area contributed by atoms with Crippen LogP contribution in [0.4, 0.5) is 34.9 Å². The smallest absolute Gasteiger partial charge is 0.351 e. The van der Waals surface area contributed by atoms with Crippen LogP contribution in [0.5, 0.6) is 0 Å². The van der Waals surface area contributed by atoms with Crippen molar-refractivity contribution in [1.82, 2.24) is 57.3 Å². The zero-order valence-electron chi connectivity index (χ0n) is 79.5. The molecule has 36 nitrogen and oxygen atoms in total. The molecule has 129 heavy (non-hydrogen) atoms. The summed E-state index contributed by atoms with van der Waals surface area (Å²) in [5.41, 5.74) is -1.67. The first-order valence-corrected chi connectivity index (χ1v) is 51.3. The molecular weight excluding hydrogens is 1780 g/mol. The fourth-order valence-electron chi connectivity index (χ4n) is 13.7. The first-order chi connectivity index (χ1) is 62.1. The van der Waals surface area contributed by atoms with Crippen molar-refractivity contribution in [3.63, 3.8) is 0 Å². The summed E-state index contributed by atoms with van der Waals surface area (Å²) >= 11 is 9.98. The third kappa shape index (κ3) is 34.5. The Balaban J connectivity index is 0.000000212. The van der Waals surface area contributed by atoms with E-state index in [1.54, 1.807) is 156 Å². The highest BCUT2D eigenvalue weighted by Gasteiger charge is 2.35. The van der Waals surface area contributed by atoms with Gasteiger partial charge in [0.25, 0.3) is 0 Å². The maximum absolute atomic E-state index is 12.3. The van der Waals surface area contributed by atoms with Crippen molar-refractivity contribution in [1.29, 1.82) is 0 Å². The summed E-state index contributed by atoms with van der Waals surface area (Å²) in [6.45, 7) is 41.7. The standard InChI is InChI=1S/3C15H25N3O3S.3C14H23N3O3S/c1-10(2)18(11(3)4)12-6-7-17(15(19)16-12)13-9-22-14(21-13)8-20-5;1-4-7-17(8-5-2)12-6-9-18(15(19)16-12)13-11-22-14(21-13)10-20-3;1-4-6-8-17(5-2)12-7-9-18(15(19)16-12)13-11-22-14(21-13)10-20-3;1-5-19-8-13-20-12(9-21-13)17-7-6-11(15-14(17)18)16(4)10(2)3;1-4-8-19-9-13-20-12(10-21-13)17-7-6-11(15-14(17)18)16(3)5-2;1-4-7-16(3)11-6-8-17(14(18)15-11)12-10-21-13(20-12)9-19-5-2/h6-7,10-11,13-14H,8-9H2,1-5H3;6,9,13-14H,4-5,7-8,10-11H2,1-3H3;7,9,13-14H,4-6,8,10-11H2,1-3H3;6-7,10,12-13H,5,8-9H2,1-4H3;6-7,12-13H,4-5,8-10H2,1-3H3;6,8,12-13H,4-5,7,9-10H2,1-3H3/t3*13-,14+;3*12-,13+/m111111/s1. The Hall–Kier alpha value is -6.30. The van der Waals surface area contributed by atoms with Crippen LogP contribution in [-0.2, 0) is 56.8 Å². The van der Waals surface area contributed by atoms with Gasteiger partial charge in [0.15, 0.2) is 0 Å². The van der Waals surface area contributed by atoms with E-state index in [1.165, 1.54) is 0 Å². The van der Waals surface area contributed by atoms with E-state index in [2.05, 4.69) is 128 Å². The van der Waals surface area contributed by atoms with E-state index >= 15 is 0 Å². The zero-order valence-corrected chi connectivity index (χ0v) is 84.4. The van der Waals surface area contributed by atoms with E-state index in [0.717, 1.165) is 131 Å². The number of anilines is 6. The molecule has 12 heterocycles. The normalized spacial score (nSPS) is 21.6. The second-order valence-electron chi connectivity index (χ2n) is 31.4. The molecule has 6 aromatic heterocycles. The number of unbranched alkanes of at least 4 members (excludes halogenated alkanes) is 1. The second-order valence-corrected chi connectivity index (χ2v) is 38.5. The molecule has 0 saturated carbocycles. The Morgan fingerprint density at radius 1 is 0.341 bits per heavy atom. The predicted octanol–water partition coefficient (Wildman–Crippen LogP) is 11.5. The SMILES string of the molecule is CCCCN(CC)c1ccn([C@H]2CS[C@@H](COC)O2)c(=O)n1.CCCN(C)c1ccn([C@H]2CS[C@@H](COCC)O2)c(=O)n1.CCCN(CCC)c1ccn([C@H]2CS[C@@H](COC)O2)c(=O)n1.CCCOC[C@H]1O[C@@H](n2ccc(N(C)CC)nc2=O)CS1.CCOC[C@H]1O[C@@H](n2ccc(N(C)C(C)C)nc2=O)CS1.COC[C@H]1O[C@@H](n2ccc(N(C(C)C)C(C)C)nc2=O)CS1. The number of nitrogens with zero attached hydrogens (tertiary/aromatic N) is 18. The number of hydrogen-bond acceptors (Lipinski definition) is 36. The van der Waals surface area contributed by atoms with E-state index in [0.29, 0.717) is 82.2 Å². The zero-order chi connectivity index (χ0) is 94.1. The summed E-state index contributed by atoms with van der Waals surface area (Å²) in [5.74, 6) is 8.71. The number of rotatable bonds is 42. The lowest BCUT2D eigenvalue weighted by Crippen LogP contribution is -2.39. The van der Waals surface area contributed by atoms with Crippen LogP contribution in [0.15, 0.2) is 102 Å². The molecule has 0 radical (unpaired) electrons. The number of thioether (sulfide) groups is 6. The van der Waals surface area contributed by atoms with Crippen molar-refractivity contribution in [2.24, 2.45) is 0 Å². The molecule has 0 bridgehead atoms. The lowest BCUT2D eigenvalue weighted by molar-refractivity contribution is -0.0245. The van der Waals surface area contributed by atoms with Crippen molar-refractivity contribution >= 4 is 105 Å². The molecule has 0 amide bonds. The van der Waals surface area contributed by atoms with Crippen LogP contribution in [0.1, 0.15) is 180 Å². The molecule has 6 aromatic rings. The molecule has 12 rings (SSSR count). The van der Waals surface area contributed by atoms with Gasteiger partial charge >= 0.3 is 34.1 Å². The topological polar surface area (TPSA) is 340 Å². The minimum atomic E-state index is -0.275. The highest BCUT2D eigenvalue weighted by Crippen LogP contribution is 2.37. The van der Waals surface area contributed by atoms with Crippen molar-refractivity contribution in [3.8, 4) is 0 Å². The Bertz CT molecular complexity index is 4570. The summed E-state index contributed by atoms with van der Waals surface area (Å²) in [6, 6.07) is 12.1. The Morgan fingerprint density at radius 2 is 0.636 bits per heavy atom. The molecule has 6 aliphatic rings. The lowest BCUT2D eigenvalue weighted by Gasteiger charge is -2.31. The van der Waals surface area contributed by atoms with Crippen LogP contribution in [0, 0.1) is 0 Å². The van der Waals surface area contributed by atoms with Gasteiger partial charge in [-0.3, -0.25) is 27.4 Å². The Morgan fingerprint density at radius 3 is 0.930 bits per heavy atom. The van der Waals surface area contributed by atoms with Crippen molar-refractivity contribution in [3.05, 3.63) is 136 Å². The predicted molar refractivity (Wildman–Crippen MR) is 523 cm³/mol. The molecule has 0 N–H and O–H groups in total. The van der Waals surface area contributed by atoms with Gasteiger partial charge in [-0.1, -0.05) is 41.0 Å². The molecule has 726 valence electrons. The van der Waals surface area contributed by atoms with Gasteiger partial charge in [-0.15, -0.1) is 70.6 Å². The minimum Gasteiger partial charge on any atom is -0.381 e. The van der Waals surface area contributed by atoms with Gasteiger partial charge in [-0.05, 0) is 138 Å². The molecule has 0 unspecified atom stereocenters. The summed E-state index contributed by atoms with van der Waals surface area (Å²) in [6.07, 6.45) is 15.4. The molecule has 12 atom stereocenters. The number of aromatic nitrogens is 12. The Kier molecular flexibility index (Phi) is 50.0. The average Bonchev–Trinajstić information content (AvgIpc) is 1.79. The number of ether oxygens (including phenoxy) is 12. The Labute approximate surface area is 786 Å². The van der Waals surface area contributed by atoms with Crippen LogP contribution < -0.4 is 63.5 Å². The molecular formula is C87H144N18O18S6. The molecule has 6 aliphatic heterocycles. The van der Waals surface area contributed by atoms with Crippen molar-refractivity contribution in [2.45, 2.75) is 230 Å². The van der Waals surface area contributed by atoms with Crippen LogP contribution in [0.25, 0.3) is 0 Å². The van der Waals surface area contributed by atoms with Gasteiger partial charge < -0.3 is 86.2 Å². The largest absolute Gasteiger partial charge is 0.381 e. The summed E-state index contributed by atoms with van der Waals surface area (Å²) in [5, 5.41) is 0. The van der Waals surface area contributed by atoms with Gasteiger partial charge in [0.1, 0.15) is 105 Å². The van der Waals surface area contributed by atoms with Gasteiger partial charge in [0, 0.05) is 191 Å². The highest BCUT2D eigenvalue weighted by atomic mass is 32.2. The summed E-state index contributed by atoms with van der Waals surface area (Å²) in [7, 11) is 10.7. The summed E-state index contributed by atoms with van der Waals surface area (Å²) < 4.78 is 75.8. The maximum atomic E-state index is 12.3. The van der Waals surface area contributed by atoms with E-state index in [-0.39, 0.29) is 116 Å². The van der Waals surface area contributed by atoms with E-state index in [9.17, 15) is 28.8 Å². The molecule has 42 heteroatoms. The lowest BCUT2D eigenvalue weighted by atomic mass is 10.2. The molecule has 0 aliphatic carbocycles. The van der Waals surface area contributed by atoms with Crippen LogP contribution >= 0.6 is 70.6 Å². The first-order valence-electron chi connectivity index (χ1n) is 45.0. The van der Waals surface area contributed by atoms with Gasteiger partial charge in [0.05, 0.1) is 39.6 Å². The summed E-state index contributed by atoms with van der Waals surface area (Å²) in [4.78, 5) is 111. The maximum Gasteiger partial charge on any atom is 0.351 e. The second kappa shape index (κ2) is 58.8. The van der Waals surface area contributed by atoms with E-state index in [1.807, 2.05) is 93.0 Å². The highest BCUT2D eigenvalue weighted by molar-refractivity contribution is 8.01. The first kappa shape index (κ1) is 110. The third-order valence-electron chi connectivity index (χ3n) is 20.7. The molecule has 6 saturated heterocycles. The molecule has 0 aromatic carbocycles. The van der Waals surface area contributed by atoms with Gasteiger partial charge in [0.2, 0.25) is 0 Å². The molecule has 6 fully saturated rings. The van der Waals surface area contributed by atoms with Crippen LogP contribution in [-0.4, -0.2) is 284 Å². The van der Waals surface area contributed by atoms with Gasteiger partial charge in [-0.25, -0.2) is 28.8 Å². The van der Waals surface area contributed by atoms with Crippen molar-refractivity contribution < 1.29 is 56.8 Å². The fourth-order valence-corrected chi connectivity index (χ4v) is 20.0. The molecule has 0 spiro atoms. The third-order valence-corrected chi connectivity index (χ3v) is 27.3. The monoisotopic (exact) mass is 1920 g/mol. The van der Waals surface area contributed by atoms with Crippen LogP contribution in [0.2, 0.25) is 0 Å². The number of methoxy groups -OCH3 is 3. The minimum absolute atomic E-state index is 0.00792. The average molecular weight is 1920 g/mol. The quantitative estimate of drug-likeness (QED) is 0.0321.